The molecule has 3 aliphatic rings. The van der Waals surface area contributed by atoms with E-state index in [0.29, 0.717) is 5.92 Å². The van der Waals surface area contributed by atoms with E-state index in [4.69, 9.17) is 0 Å². The Morgan fingerprint density at radius 2 is 2.11 bits per heavy atom. The zero-order valence-corrected chi connectivity index (χ0v) is 11.2. The monoisotopic (exact) mass is 251 g/mol. The van der Waals surface area contributed by atoms with E-state index in [0.717, 1.165) is 25.6 Å². The molecule has 0 spiro atoms. The highest BCUT2D eigenvalue weighted by Gasteiger charge is 2.34. The number of nitrogens with zero attached hydrogens (tertiary/aromatic N) is 1. The molecule has 2 N–H and O–H groups in total. The lowest BCUT2D eigenvalue weighted by Crippen LogP contribution is -2.47. The molecule has 18 heavy (non-hydrogen) atoms. The highest BCUT2D eigenvalue weighted by atomic mass is 16.2. The van der Waals surface area contributed by atoms with Crippen LogP contribution in [0.25, 0.3) is 0 Å². The van der Waals surface area contributed by atoms with E-state index in [9.17, 15) is 4.79 Å². The van der Waals surface area contributed by atoms with Gasteiger partial charge in [-0.05, 0) is 51.1 Å². The lowest BCUT2D eigenvalue weighted by Gasteiger charge is -2.23. The highest BCUT2D eigenvalue weighted by Crippen LogP contribution is 2.31. The van der Waals surface area contributed by atoms with Crippen molar-refractivity contribution in [3.8, 4) is 0 Å². The fourth-order valence-corrected chi connectivity index (χ4v) is 3.24. The van der Waals surface area contributed by atoms with E-state index in [1.165, 1.54) is 45.2 Å². The molecule has 3 rings (SSSR count). The maximum atomic E-state index is 12.0. The number of likely N-dealkylation sites (tertiary alicyclic amines) is 1. The molecule has 0 radical (unpaired) electrons. The van der Waals surface area contributed by atoms with Crippen LogP contribution in [-0.2, 0) is 4.79 Å². The molecule has 3 fully saturated rings. The van der Waals surface area contributed by atoms with Crippen molar-refractivity contribution < 1.29 is 4.79 Å². The van der Waals surface area contributed by atoms with Crippen LogP contribution in [0.1, 0.15) is 38.5 Å². The van der Waals surface area contributed by atoms with Gasteiger partial charge in [0.25, 0.3) is 0 Å². The fourth-order valence-electron chi connectivity index (χ4n) is 3.24. The normalized spacial score (nSPS) is 33.6. The van der Waals surface area contributed by atoms with Crippen molar-refractivity contribution in [2.45, 2.75) is 50.6 Å². The molecule has 1 saturated carbocycles. The molecular weight excluding hydrogens is 226 g/mol. The number of rotatable bonds is 4. The second-order valence-electron chi connectivity index (χ2n) is 6.13. The number of hydrogen-bond donors (Lipinski definition) is 2. The number of carbonyl (C=O) groups is 1. The molecule has 1 amide bonds. The van der Waals surface area contributed by atoms with Gasteiger partial charge in [0, 0.05) is 19.1 Å². The van der Waals surface area contributed by atoms with E-state index >= 15 is 0 Å². The predicted octanol–water partition coefficient (Wildman–Crippen LogP) is 0.729. The van der Waals surface area contributed by atoms with Crippen LogP contribution in [-0.4, -0.2) is 49.1 Å². The Bertz CT molecular complexity index is 297. The molecule has 1 aliphatic carbocycles. The molecule has 2 heterocycles. The van der Waals surface area contributed by atoms with Crippen LogP contribution in [0.4, 0.5) is 0 Å². The highest BCUT2D eigenvalue weighted by molar-refractivity contribution is 5.81. The lowest BCUT2D eigenvalue weighted by atomic mass is 10.0. The maximum absolute atomic E-state index is 12.0. The second-order valence-corrected chi connectivity index (χ2v) is 6.13. The zero-order valence-electron chi connectivity index (χ0n) is 11.2. The van der Waals surface area contributed by atoms with Gasteiger partial charge in [0.1, 0.15) is 0 Å². The molecule has 0 aromatic heterocycles. The van der Waals surface area contributed by atoms with Crippen molar-refractivity contribution in [3.63, 3.8) is 0 Å². The van der Waals surface area contributed by atoms with Crippen molar-refractivity contribution in [3.05, 3.63) is 0 Å². The average Bonchev–Trinajstić information content (AvgIpc) is 3.16. The van der Waals surface area contributed by atoms with Crippen molar-refractivity contribution in [1.29, 1.82) is 0 Å². The summed E-state index contributed by atoms with van der Waals surface area (Å²) in [6.07, 6.45) is 7.45. The molecular formula is C14H25N3O. The topological polar surface area (TPSA) is 44.4 Å². The Labute approximate surface area is 109 Å². The Balaban J connectivity index is 1.37. The van der Waals surface area contributed by atoms with Gasteiger partial charge in [-0.2, -0.15) is 0 Å². The van der Waals surface area contributed by atoms with Crippen LogP contribution < -0.4 is 10.6 Å². The summed E-state index contributed by atoms with van der Waals surface area (Å²) in [5.41, 5.74) is 0. The number of hydrogen-bond acceptors (Lipinski definition) is 3. The Morgan fingerprint density at radius 3 is 2.83 bits per heavy atom. The molecule has 102 valence electrons. The first kappa shape index (κ1) is 12.4. The van der Waals surface area contributed by atoms with Crippen LogP contribution >= 0.6 is 0 Å². The third kappa shape index (κ3) is 3.04. The van der Waals surface area contributed by atoms with Crippen molar-refractivity contribution >= 4 is 5.91 Å². The summed E-state index contributed by atoms with van der Waals surface area (Å²) >= 11 is 0. The van der Waals surface area contributed by atoms with Gasteiger partial charge in [0.15, 0.2) is 0 Å². The molecule has 4 nitrogen and oxygen atoms in total. The van der Waals surface area contributed by atoms with Crippen LogP contribution in [0.3, 0.4) is 0 Å². The Kier molecular flexibility index (Phi) is 3.85. The SMILES string of the molecule is O=C(NCC1CCN(C2CC2)C1)[C@H]1CCCCN1. The van der Waals surface area contributed by atoms with Gasteiger partial charge in [-0.1, -0.05) is 6.42 Å². The third-order valence-corrected chi connectivity index (χ3v) is 4.57. The van der Waals surface area contributed by atoms with Crippen LogP contribution in [0.2, 0.25) is 0 Å². The van der Waals surface area contributed by atoms with Gasteiger partial charge in [-0.15, -0.1) is 0 Å². The minimum atomic E-state index is 0.0692. The van der Waals surface area contributed by atoms with Crippen molar-refractivity contribution in [2.75, 3.05) is 26.2 Å². The summed E-state index contributed by atoms with van der Waals surface area (Å²) in [5, 5.41) is 6.45. The molecule has 2 saturated heterocycles. The molecule has 4 heteroatoms. The van der Waals surface area contributed by atoms with Gasteiger partial charge in [-0.3, -0.25) is 4.79 Å². The Hall–Kier alpha value is -0.610. The Morgan fingerprint density at radius 1 is 1.22 bits per heavy atom. The number of nitrogens with one attached hydrogen (secondary N) is 2. The standard InChI is InChI=1S/C14H25N3O/c18-14(13-3-1-2-7-15-13)16-9-11-6-8-17(10-11)12-4-5-12/h11-13,15H,1-10H2,(H,16,18)/t11?,13-/m1/s1. The summed E-state index contributed by atoms with van der Waals surface area (Å²) in [4.78, 5) is 14.6. The van der Waals surface area contributed by atoms with Gasteiger partial charge in [0.05, 0.1) is 6.04 Å². The number of carbonyl (C=O) groups excluding carboxylic acids is 1. The lowest BCUT2D eigenvalue weighted by molar-refractivity contribution is -0.123. The van der Waals surface area contributed by atoms with Crippen LogP contribution in [0, 0.1) is 5.92 Å². The first-order chi connectivity index (χ1) is 8.83. The summed E-state index contributed by atoms with van der Waals surface area (Å²) in [6, 6.07) is 0.949. The molecule has 2 atom stereocenters. The van der Waals surface area contributed by atoms with E-state index in [1.807, 2.05) is 0 Å². The van der Waals surface area contributed by atoms with Gasteiger partial charge in [-0.25, -0.2) is 0 Å². The van der Waals surface area contributed by atoms with Gasteiger partial charge < -0.3 is 15.5 Å². The van der Waals surface area contributed by atoms with Crippen molar-refractivity contribution in [1.82, 2.24) is 15.5 Å². The van der Waals surface area contributed by atoms with Gasteiger partial charge in [0.2, 0.25) is 5.91 Å². The summed E-state index contributed by atoms with van der Waals surface area (Å²) < 4.78 is 0. The third-order valence-electron chi connectivity index (χ3n) is 4.57. The van der Waals surface area contributed by atoms with Crippen LogP contribution in [0.15, 0.2) is 0 Å². The predicted molar refractivity (Wildman–Crippen MR) is 71.4 cm³/mol. The second kappa shape index (κ2) is 5.57. The smallest absolute Gasteiger partial charge is 0.237 e. The first-order valence-corrected chi connectivity index (χ1v) is 7.58. The van der Waals surface area contributed by atoms with E-state index in [-0.39, 0.29) is 11.9 Å². The van der Waals surface area contributed by atoms with Crippen molar-refractivity contribution in [2.24, 2.45) is 5.92 Å². The summed E-state index contributed by atoms with van der Waals surface area (Å²) in [7, 11) is 0. The van der Waals surface area contributed by atoms with Gasteiger partial charge >= 0.3 is 0 Å². The van der Waals surface area contributed by atoms with E-state index in [1.54, 1.807) is 0 Å². The molecule has 0 bridgehead atoms. The van der Waals surface area contributed by atoms with E-state index < -0.39 is 0 Å². The number of piperidine rings is 1. The fraction of sp³-hybridized carbons (Fsp3) is 0.929. The maximum Gasteiger partial charge on any atom is 0.237 e. The molecule has 0 aromatic rings. The average molecular weight is 251 g/mol. The minimum absolute atomic E-state index is 0.0692. The number of amides is 1. The minimum Gasteiger partial charge on any atom is -0.354 e. The zero-order chi connectivity index (χ0) is 12.4. The molecule has 2 aliphatic heterocycles. The van der Waals surface area contributed by atoms with E-state index in [2.05, 4.69) is 15.5 Å². The summed E-state index contributed by atoms with van der Waals surface area (Å²) in [5.74, 6) is 0.901. The molecule has 0 aromatic carbocycles. The quantitative estimate of drug-likeness (QED) is 0.774. The molecule has 1 unspecified atom stereocenters. The largest absolute Gasteiger partial charge is 0.354 e. The first-order valence-electron chi connectivity index (χ1n) is 7.58. The summed E-state index contributed by atoms with van der Waals surface area (Å²) in [6.45, 7) is 4.31. The van der Waals surface area contributed by atoms with Crippen LogP contribution in [0.5, 0.6) is 0 Å².